The van der Waals surface area contributed by atoms with Gasteiger partial charge in [-0.3, -0.25) is 4.79 Å². The highest BCUT2D eigenvalue weighted by Gasteiger charge is 2.21. The Kier molecular flexibility index (Phi) is 5.09. The Morgan fingerprint density at radius 2 is 1.56 bits per heavy atom. The van der Waals surface area contributed by atoms with Crippen LogP contribution in [0.5, 0.6) is 0 Å². The zero-order valence-corrected chi connectivity index (χ0v) is 13.7. The van der Waals surface area contributed by atoms with Crippen molar-refractivity contribution in [2.75, 3.05) is 0 Å². The largest absolute Gasteiger partial charge is 0.480 e. The number of rotatable bonds is 6. The lowest BCUT2D eigenvalue weighted by Gasteiger charge is -2.16. The summed E-state index contributed by atoms with van der Waals surface area (Å²) in [5.41, 5.74) is 1.76. The van der Waals surface area contributed by atoms with Gasteiger partial charge in [0.05, 0.1) is 6.42 Å². The molecule has 0 fully saturated rings. The molecule has 0 aromatic heterocycles. The van der Waals surface area contributed by atoms with Crippen molar-refractivity contribution < 1.29 is 14.7 Å². The molecule has 25 heavy (non-hydrogen) atoms. The van der Waals surface area contributed by atoms with Crippen LogP contribution in [0.4, 0.5) is 0 Å². The number of carbonyl (C=O) groups excluding carboxylic acids is 1. The van der Waals surface area contributed by atoms with Crippen LogP contribution >= 0.6 is 0 Å². The highest BCUT2D eigenvalue weighted by molar-refractivity contribution is 5.88. The predicted molar refractivity (Wildman–Crippen MR) is 97.4 cm³/mol. The number of aliphatic carboxylic acids is 1. The van der Waals surface area contributed by atoms with E-state index in [4.69, 9.17) is 0 Å². The molecule has 126 valence electrons. The summed E-state index contributed by atoms with van der Waals surface area (Å²) in [7, 11) is 0. The summed E-state index contributed by atoms with van der Waals surface area (Å²) in [6, 6.07) is 22.0. The zero-order chi connectivity index (χ0) is 17.6. The van der Waals surface area contributed by atoms with Gasteiger partial charge in [-0.15, -0.1) is 0 Å². The van der Waals surface area contributed by atoms with Gasteiger partial charge in [0.15, 0.2) is 0 Å². The minimum Gasteiger partial charge on any atom is -0.480 e. The summed E-state index contributed by atoms with van der Waals surface area (Å²) in [6.45, 7) is 0. The number of fused-ring (bicyclic) bond motifs is 1. The molecule has 4 nitrogen and oxygen atoms in total. The Bertz CT molecular complexity index is 885. The van der Waals surface area contributed by atoms with E-state index in [1.807, 2.05) is 72.8 Å². The van der Waals surface area contributed by atoms with Crippen molar-refractivity contribution in [3.63, 3.8) is 0 Å². The molecule has 0 spiro atoms. The van der Waals surface area contributed by atoms with Crippen LogP contribution in [-0.4, -0.2) is 23.0 Å². The summed E-state index contributed by atoms with van der Waals surface area (Å²) in [5, 5.41) is 14.2. The highest BCUT2D eigenvalue weighted by Crippen LogP contribution is 2.20. The molecule has 0 unspecified atom stereocenters. The maximum absolute atomic E-state index is 12.2. The highest BCUT2D eigenvalue weighted by atomic mass is 16.4. The molecule has 3 aromatic rings. The van der Waals surface area contributed by atoms with Gasteiger partial charge in [-0.05, 0) is 21.9 Å². The van der Waals surface area contributed by atoms with E-state index in [1.54, 1.807) is 0 Å². The maximum atomic E-state index is 12.2. The molecule has 0 aliphatic carbocycles. The summed E-state index contributed by atoms with van der Waals surface area (Å²) >= 11 is 0. The second-order valence-corrected chi connectivity index (χ2v) is 5.96. The average molecular weight is 333 g/mol. The van der Waals surface area contributed by atoms with Gasteiger partial charge in [0.1, 0.15) is 6.04 Å². The standard InChI is InChI=1S/C21H19NO3/c23-20(13-15-7-2-1-3-8-15)22-19(21(24)25)14-17-11-6-10-16-9-4-5-12-18(16)17/h1-12,19H,13-14H2,(H,22,23)(H,24,25)/t19-/m1/s1. The minimum absolute atomic E-state index is 0.167. The molecule has 4 heteroatoms. The molecular formula is C21H19NO3. The number of carboxylic acid groups (broad SMARTS) is 1. The summed E-state index contributed by atoms with van der Waals surface area (Å²) in [5.74, 6) is -1.33. The van der Waals surface area contributed by atoms with Crippen molar-refractivity contribution in [1.29, 1.82) is 0 Å². The van der Waals surface area contributed by atoms with E-state index < -0.39 is 12.0 Å². The minimum atomic E-state index is -1.03. The van der Waals surface area contributed by atoms with Gasteiger partial charge in [0.25, 0.3) is 0 Å². The van der Waals surface area contributed by atoms with Gasteiger partial charge in [-0.2, -0.15) is 0 Å². The second kappa shape index (κ2) is 7.62. The molecule has 3 aromatic carbocycles. The first-order valence-corrected chi connectivity index (χ1v) is 8.16. The molecule has 2 N–H and O–H groups in total. The number of carbonyl (C=O) groups is 2. The molecule has 3 rings (SSSR count). The molecule has 0 saturated carbocycles. The summed E-state index contributed by atoms with van der Waals surface area (Å²) in [6.07, 6.45) is 0.414. The average Bonchev–Trinajstić information content (AvgIpc) is 2.62. The number of hydrogen-bond acceptors (Lipinski definition) is 2. The van der Waals surface area contributed by atoms with Crippen molar-refractivity contribution in [3.05, 3.63) is 83.9 Å². The molecular weight excluding hydrogens is 314 g/mol. The van der Waals surface area contributed by atoms with E-state index in [0.717, 1.165) is 21.9 Å². The van der Waals surface area contributed by atoms with Crippen LogP contribution in [0.25, 0.3) is 10.8 Å². The zero-order valence-electron chi connectivity index (χ0n) is 13.7. The van der Waals surface area contributed by atoms with E-state index in [-0.39, 0.29) is 18.7 Å². The lowest BCUT2D eigenvalue weighted by atomic mass is 9.98. The van der Waals surface area contributed by atoms with Crippen LogP contribution in [0, 0.1) is 0 Å². The smallest absolute Gasteiger partial charge is 0.326 e. The number of nitrogens with one attached hydrogen (secondary N) is 1. The Morgan fingerprint density at radius 3 is 2.32 bits per heavy atom. The third kappa shape index (κ3) is 4.23. The van der Waals surface area contributed by atoms with E-state index in [1.165, 1.54) is 0 Å². The van der Waals surface area contributed by atoms with Crippen molar-refractivity contribution >= 4 is 22.6 Å². The van der Waals surface area contributed by atoms with Gasteiger partial charge in [0.2, 0.25) is 5.91 Å². The molecule has 0 heterocycles. The third-order valence-electron chi connectivity index (χ3n) is 4.14. The van der Waals surface area contributed by atoms with Gasteiger partial charge in [-0.25, -0.2) is 4.79 Å². The quantitative estimate of drug-likeness (QED) is 0.728. The molecule has 0 bridgehead atoms. The van der Waals surface area contributed by atoms with E-state index in [0.29, 0.717) is 0 Å². The molecule has 0 aliphatic rings. The lowest BCUT2D eigenvalue weighted by molar-refractivity contribution is -0.141. The van der Waals surface area contributed by atoms with Gasteiger partial charge in [-0.1, -0.05) is 72.8 Å². The molecule has 0 radical (unpaired) electrons. The Labute approximate surface area is 146 Å². The third-order valence-corrected chi connectivity index (χ3v) is 4.14. The van der Waals surface area contributed by atoms with Crippen LogP contribution in [0.1, 0.15) is 11.1 Å². The predicted octanol–water partition coefficient (Wildman–Crippen LogP) is 3.19. The monoisotopic (exact) mass is 333 g/mol. The van der Waals surface area contributed by atoms with Crippen LogP contribution < -0.4 is 5.32 Å². The Balaban J connectivity index is 1.75. The lowest BCUT2D eigenvalue weighted by Crippen LogP contribution is -2.43. The Morgan fingerprint density at radius 1 is 0.880 bits per heavy atom. The fraction of sp³-hybridized carbons (Fsp3) is 0.143. The first-order valence-electron chi connectivity index (χ1n) is 8.16. The van der Waals surface area contributed by atoms with Gasteiger partial charge >= 0.3 is 5.97 Å². The fourth-order valence-electron chi connectivity index (χ4n) is 2.92. The fourth-order valence-corrected chi connectivity index (χ4v) is 2.92. The van der Waals surface area contributed by atoms with E-state index in [2.05, 4.69) is 5.32 Å². The summed E-state index contributed by atoms with van der Waals surface area (Å²) < 4.78 is 0. The number of benzene rings is 3. The van der Waals surface area contributed by atoms with Crippen molar-refractivity contribution in [3.8, 4) is 0 Å². The second-order valence-electron chi connectivity index (χ2n) is 5.96. The molecule has 0 saturated heterocycles. The number of carboxylic acids is 1. The maximum Gasteiger partial charge on any atom is 0.326 e. The molecule has 0 aliphatic heterocycles. The SMILES string of the molecule is O=C(Cc1ccccc1)N[C@H](Cc1cccc2ccccc12)C(=O)O. The van der Waals surface area contributed by atoms with Crippen LogP contribution in [0.15, 0.2) is 72.8 Å². The van der Waals surface area contributed by atoms with Crippen LogP contribution in [-0.2, 0) is 22.4 Å². The Hall–Kier alpha value is -3.14. The summed E-state index contributed by atoms with van der Waals surface area (Å²) in [4.78, 5) is 23.8. The number of hydrogen-bond donors (Lipinski definition) is 2. The number of amides is 1. The van der Waals surface area contributed by atoms with Crippen LogP contribution in [0.3, 0.4) is 0 Å². The van der Waals surface area contributed by atoms with E-state index >= 15 is 0 Å². The first-order chi connectivity index (χ1) is 12.1. The first kappa shape index (κ1) is 16.7. The molecule has 1 amide bonds. The van der Waals surface area contributed by atoms with Gasteiger partial charge in [0, 0.05) is 6.42 Å². The van der Waals surface area contributed by atoms with Crippen molar-refractivity contribution in [2.24, 2.45) is 0 Å². The van der Waals surface area contributed by atoms with E-state index in [9.17, 15) is 14.7 Å². The molecule has 1 atom stereocenters. The topological polar surface area (TPSA) is 66.4 Å². The van der Waals surface area contributed by atoms with Crippen molar-refractivity contribution in [1.82, 2.24) is 5.32 Å². The van der Waals surface area contributed by atoms with Gasteiger partial charge < -0.3 is 10.4 Å². The van der Waals surface area contributed by atoms with Crippen molar-refractivity contribution in [2.45, 2.75) is 18.9 Å². The normalized spacial score (nSPS) is 11.8. The van der Waals surface area contributed by atoms with Crippen LogP contribution in [0.2, 0.25) is 0 Å².